The van der Waals surface area contributed by atoms with Gasteiger partial charge in [0.2, 0.25) is 0 Å². The molecule has 0 aliphatic heterocycles. The van der Waals surface area contributed by atoms with Crippen LogP contribution in [-0.2, 0) is 20.7 Å². The van der Waals surface area contributed by atoms with Gasteiger partial charge in [-0.25, -0.2) is 4.79 Å². The van der Waals surface area contributed by atoms with Crippen molar-refractivity contribution in [2.45, 2.75) is 26.7 Å². The highest BCUT2D eigenvalue weighted by molar-refractivity contribution is 5.89. The number of ether oxygens (including phenoxy) is 2. The molecule has 0 spiro atoms. The van der Waals surface area contributed by atoms with Gasteiger partial charge in [-0.05, 0) is 38.0 Å². The molecule has 98 valence electrons. The van der Waals surface area contributed by atoms with Crippen LogP contribution in [0.5, 0.6) is 0 Å². The molecule has 0 heterocycles. The van der Waals surface area contributed by atoms with Crippen molar-refractivity contribution in [1.29, 1.82) is 0 Å². The molecule has 1 aromatic carbocycles. The van der Waals surface area contributed by atoms with E-state index in [-0.39, 0.29) is 11.9 Å². The molecule has 0 atom stereocenters. The van der Waals surface area contributed by atoms with E-state index >= 15 is 0 Å². The van der Waals surface area contributed by atoms with E-state index in [4.69, 9.17) is 9.47 Å². The zero-order valence-corrected chi connectivity index (χ0v) is 10.8. The van der Waals surface area contributed by atoms with Crippen molar-refractivity contribution < 1.29 is 19.1 Å². The molecule has 0 aliphatic rings. The van der Waals surface area contributed by atoms with Gasteiger partial charge in [0.05, 0.1) is 18.8 Å². The number of carbonyl (C=O) groups excluding carboxylic acids is 2. The van der Waals surface area contributed by atoms with Gasteiger partial charge in [-0.1, -0.05) is 12.1 Å². The molecule has 0 N–H and O–H groups in total. The monoisotopic (exact) mass is 250 g/mol. The van der Waals surface area contributed by atoms with Gasteiger partial charge in [0.25, 0.3) is 0 Å². The minimum absolute atomic E-state index is 0.223. The summed E-state index contributed by atoms with van der Waals surface area (Å²) in [4.78, 5) is 22.7. The summed E-state index contributed by atoms with van der Waals surface area (Å²) in [6, 6.07) is 7.11. The minimum atomic E-state index is -0.338. The van der Waals surface area contributed by atoms with Gasteiger partial charge in [0.15, 0.2) is 0 Å². The van der Waals surface area contributed by atoms with Gasteiger partial charge in [0.1, 0.15) is 0 Å². The minimum Gasteiger partial charge on any atom is -0.466 e. The molecule has 4 nitrogen and oxygen atoms in total. The van der Waals surface area contributed by atoms with Crippen LogP contribution in [0.3, 0.4) is 0 Å². The predicted octanol–water partition coefficient (Wildman–Crippen LogP) is 2.36. The number of hydrogen-bond acceptors (Lipinski definition) is 4. The maximum Gasteiger partial charge on any atom is 0.338 e. The van der Waals surface area contributed by atoms with Crippen LogP contribution in [0.1, 0.15) is 36.2 Å². The van der Waals surface area contributed by atoms with Crippen molar-refractivity contribution in [2.24, 2.45) is 0 Å². The number of benzene rings is 1. The Morgan fingerprint density at radius 1 is 1.11 bits per heavy atom. The number of aryl methyl sites for hydroxylation is 1. The van der Waals surface area contributed by atoms with Crippen LogP contribution in [0.25, 0.3) is 0 Å². The highest BCUT2D eigenvalue weighted by Gasteiger charge is 2.08. The Bertz CT molecular complexity index is 412. The first-order valence-corrected chi connectivity index (χ1v) is 6.09. The second-order valence-corrected chi connectivity index (χ2v) is 3.73. The molecular formula is C14H18O4. The third-order valence-corrected chi connectivity index (χ3v) is 2.36. The first-order chi connectivity index (χ1) is 8.67. The molecular weight excluding hydrogens is 232 g/mol. The number of carbonyl (C=O) groups is 2. The average molecular weight is 250 g/mol. The zero-order valence-electron chi connectivity index (χ0n) is 10.8. The fraction of sp³-hybridized carbons (Fsp3) is 0.429. The highest BCUT2D eigenvalue weighted by atomic mass is 16.5. The SMILES string of the molecule is CCOC(=O)CCc1cccc(C(=O)OCC)c1. The summed E-state index contributed by atoms with van der Waals surface area (Å²) >= 11 is 0. The van der Waals surface area contributed by atoms with Gasteiger partial charge >= 0.3 is 11.9 Å². The van der Waals surface area contributed by atoms with Crippen molar-refractivity contribution in [2.75, 3.05) is 13.2 Å². The Balaban J connectivity index is 2.59. The molecule has 0 aliphatic carbocycles. The predicted molar refractivity (Wildman–Crippen MR) is 67.4 cm³/mol. The van der Waals surface area contributed by atoms with E-state index < -0.39 is 0 Å². The molecule has 4 heteroatoms. The van der Waals surface area contributed by atoms with E-state index in [0.29, 0.717) is 31.6 Å². The number of rotatable bonds is 6. The van der Waals surface area contributed by atoms with E-state index in [9.17, 15) is 9.59 Å². The largest absolute Gasteiger partial charge is 0.466 e. The van der Waals surface area contributed by atoms with Crippen LogP contribution < -0.4 is 0 Å². The van der Waals surface area contributed by atoms with E-state index in [2.05, 4.69) is 0 Å². The summed E-state index contributed by atoms with van der Waals surface area (Å²) < 4.78 is 9.77. The third kappa shape index (κ3) is 4.57. The number of hydrogen-bond donors (Lipinski definition) is 0. The van der Waals surface area contributed by atoms with E-state index in [1.54, 1.807) is 32.0 Å². The zero-order chi connectivity index (χ0) is 13.4. The normalized spacial score (nSPS) is 9.89. The summed E-state index contributed by atoms with van der Waals surface area (Å²) in [5, 5.41) is 0. The molecule has 18 heavy (non-hydrogen) atoms. The Kier molecular flexibility index (Phi) is 5.91. The number of esters is 2. The van der Waals surface area contributed by atoms with Gasteiger partial charge in [-0.3, -0.25) is 4.79 Å². The quantitative estimate of drug-likeness (QED) is 0.727. The Hall–Kier alpha value is -1.84. The van der Waals surface area contributed by atoms with E-state index in [1.807, 2.05) is 6.07 Å². The van der Waals surface area contributed by atoms with Crippen LogP contribution in [0.2, 0.25) is 0 Å². The summed E-state index contributed by atoms with van der Waals surface area (Å²) in [6.45, 7) is 4.29. The lowest BCUT2D eigenvalue weighted by molar-refractivity contribution is -0.143. The maximum absolute atomic E-state index is 11.5. The van der Waals surface area contributed by atoms with Crippen molar-refractivity contribution in [3.8, 4) is 0 Å². The average Bonchev–Trinajstić information content (AvgIpc) is 2.37. The standard InChI is InChI=1S/C14H18O4/c1-3-17-13(15)9-8-11-6-5-7-12(10-11)14(16)18-4-2/h5-7,10H,3-4,8-9H2,1-2H3. The Labute approximate surface area is 107 Å². The molecule has 1 aromatic rings. The van der Waals surface area contributed by atoms with Crippen LogP contribution >= 0.6 is 0 Å². The van der Waals surface area contributed by atoms with Crippen molar-refractivity contribution in [1.82, 2.24) is 0 Å². The summed E-state index contributed by atoms with van der Waals surface area (Å²) in [5.74, 6) is -0.561. The maximum atomic E-state index is 11.5. The fourth-order valence-electron chi connectivity index (χ4n) is 1.55. The molecule has 0 bridgehead atoms. The molecule has 1 rings (SSSR count). The van der Waals surface area contributed by atoms with Crippen LogP contribution in [0.15, 0.2) is 24.3 Å². The molecule has 0 saturated heterocycles. The molecule has 0 amide bonds. The van der Waals surface area contributed by atoms with Crippen molar-refractivity contribution >= 4 is 11.9 Å². The van der Waals surface area contributed by atoms with Crippen LogP contribution in [0.4, 0.5) is 0 Å². The Morgan fingerprint density at radius 3 is 2.50 bits per heavy atom. The molecule has 0 saturated carbocycles. The smallest absolute Gasteiger partial charge is 0.338 e. The summed E-state index contributed by atoms with van der Waals surface area (Å²) in [6.07, 6.45) is 0.881. The van der Waals surface area contributed by atoms with E-state index in [1.165, 1.54) is 0 Å². The van der Waals surface area contributed by atoms with Crippen molar-refractivity contribution in [3.63, 3.8) is 0 Å². The lowest BCUT2D eigenvalue weighted by atomic mass is 10.1. The Morgan fingerprint density at radius 2 is 1.83 bits per heavy atom. The van der Waals surface area contributed by atoms with Crippen LogP contribution in [0, 0.1) is 0 Å². The fourth-order valence-corrected chi connectivity index (χ4v) is 1.55. The lowest BCUT2D eigenvalue weighted by Gasteiger charge is -2.05. The van der Waals surface area contributed by atoms with Gasteiger partial charge in [0, 0.05) is 6.42 Å². The summed E-state index contributed by atoms with van der Waals surface area (Å²) in [7, 11) is 0. The molecule has 0 fully saturated rings. The highest BCUT2D eigenvalue weighted by Crippen LogP contribution is 2.09. The first kappa shape index (κ1) is 14.2. The second-order valence-electron chi connectivity index (χ2n) is 3.73. The first-order valence-electron chi connectivity index (χ1n) is 6.09. The molecule has 0 aromatic heterocycles. The molecule has 0 radical (unpaired) electrons. The topological polar surface area (TPSA) is 52.6 Å². The van der Waals surface area contributed by atoms with Gasteiger partial charge in [-0.15, -0.1) is 0 Å². The summed E-state index contributed by atoms with van der Waals surface area (Å²) in [5.41, 5.74) is 1.44. The van der Waals surface area contributed by atoms with Crippen molar-refractivity contribution in [3.05, 3.63) is 35.4 Å². The molecule has 0 unspecified atom stereocenters. The lowest BCUT2D eigenvalue weighted by Crippen LogP contribution is -2.07. The van der Waals surface area contributed by atoms with Crippen LogP contribution in [-0.4, -0.2) is 25.2 Å². The van der Waals surface area contributed by atoms with Gasteiger partial charge in [-0.2, -0.15) is 0 Å². The van der Waals surface area contributed by atoms with E-state index in [0.717, 1.165) is 5.56 Å². The second kappa shape index (κ2) is 7.48. The third-order valence-electron chi connectivity index (χ3n) is 2.36. The van der Waals surface area contributed by atoms with Gasteiger partial charge < -0.3 is 9.47 Å².